The van der Waals surface area contributed by atoms with Crippen molar-refractivity contribution < 1.29 is 13.9 Å². The molecule has 0 spiro atoms. The van der Waals surface area contributed by atoms with E-state index >= 15 is 0 Å². The van der Waals surface area contributed by atoms with Gasteiger partial charge in [-0.05, 0) is 45.4 Å². The zero-order chi connectivity index (χ0) is 25.3. The van der Waals surface area contributed by atoms with E-state index in [0.29, 0.717) is 54.1 Å². The summed E-state index contributed by atoms with van der Waals surface area (Å²) in [5.41, 5.74) is 1.54. The Labute approximate surface area is 208 Å². The van der Waals surface area contributed by atoms with Crippen LogP contribution in [0.4, 0.5) is 16.0 Å². The Bertz CT molecular complexity index is 1430. The fourth-order valence-electron chi connectivity index (χ4n) is 4.35. The standard InChI is InChI=1S/C26H28FN7O2/c1-4-36-14-8-13-28-21-19-22(32-25(35)26(19,2)3)31-23(30-21)20-17-10-7-12-29-24(17)34(33-20)15-16-9-5-6-11-18(16)27/h5-7,9-12H,4,8,13-15H2,1-3H3,(H2,28,30,31,32,35). The number of pyridine rings is 1. The molecule has 1 aromatic carbocycles. The molecule has 0 saturated heterocycles. The number of carbonyl (C=O) groups is 1. The van der Waals surface area contributed by atoms with Gasteiger partial charge in [-0.25, -0.2) is 24.0 Å². The number of carbonyl (C=O) groups excluding carboxylic acids is 1. The Morgan fingerprint density at radius 1 is 1.17 bits per heavy atom. The lowest BCUT2D eigenvalue weighted by Gasteiger charge is -2.19. The smallest absolute Gasteiger partial charge is 0.235 e. The SMILES string of the molecule is CCOCCCNc1nc(-c2nn(Cc3ccccc3F)c3ncccc23)nc2c1C(C)(C)C(=O)N2. The molecular weight excluding hydrogens is 461 g/mol. The molecule has 0 bridgehead atoms. The van der Waals surface area contributed by atoms with Gasteiger partial charge in [-0.2, -0.15) is 5.10 Å². The zero-order valence-electron chi connectivity index (χ0n) is 20.5. The van der Waals surface area contributed by atoms with Crippen molar-refractivity contribution in [3.63, 3.8) is 0 Å². The first-order valence-corrected chi connectivity index (χ1v) is 12.0. The highest BCUT2D eigenvalue weighted by Crippen LogP contribution is 2.41. The largest absolute Gasteiger partial charge is 0.382 e. The molecule has 36 heavy (non-hydrogen) atoms. The molecule has 4 heterocycles. The molecule has 3 aromatic heterocycles. The highest BCUT2D eigenvalue weighted by atomic mass is 19.1. The van der Waals surface area contributed by atoms with E-state index in [4.69, 9.17) is 19.8 Å². The predicted molar refractivity (Wildman–Crippen MR) is 135 cm³/mol. The van der Waals surface area contributed by atoms with E-state index in [9.17, 15) is 9.18 Å². The third-order valence-electron chi connectivity index (χ3n) is 6.29. The Hall–Kier alpha value is -3.92. The normalized spacial score (nSPS) is 14.2. The predicted octanol–water partition coefficient (Wildman–Crippen LogP) is 4.14. The Balaban J connectivity index is 1.58. The summed E-state index contributed by atoms with van der Waals surface area (Å²) >= 11 is 0. The molecule has 9 nitrogen and oxygen atoms in total. The number of amides is 1. The maximum absolute atomic E-state index is 14.4. The van der Waals surface area contributed by atoms with Crippen LogP contribution in [0.1, 0.15) is 38.3 Å². The zero-order valence-corrected chi connectivity index (χ0v) is 20.5. The molecule has 0 saturated carbocycles. The van der Waals surface area contributed by atoms with Crippen LogP contribution in [0.3, 0.4) is 0 Å². The van der Waals surface area contributed by atoms with Gasteiger partial charge in [0.25, 0.3) is 0 Å². The summed E-state index contributed by atoms with van der Waals surface area (Å²) in [5.74, 6) is 0.941. The van der Waals surface area contributed by atoms with E-state index < -0.39 is 5.41 Å². The van der Waals surface area contributed by atoms with Crippen LogP contribution >= 0.6 is 0 Å². The van der Waals surface area contributed by atoms with Crippen molar-refractivity contribution in [2.24, 2.45) is 0 Å². The van der Waals surface area contributed by atoms with Crippen LogP contribution in [-0.2, 0) is 21.5 Å². The molecular formula is C26H28FN7O2. The molecule has 2 N–H and O–H groups in total. The second kappa shape index (κ2) is 9.62. The van der Waals surface area contributed by atoms with E-state index in [1.807, 2.05) is 32.9 Å². The first kappa shape index (κ1) is 23.8. The van der Waals surface area contributed by atoms with Crippen molar-refractivity contribution in [3.05, 3.63) is 59.5 Å². The highest BCUT2D eigenvalue weighted by Gasteiger charge is 2.43. The fourth-order valence-corrected chi connectivity index (χ4v) is 4.35. The summed E-state index contributed by atoms with van der Waals surface area (Å²) in [6, 6.07) is 10.3. The molecule has 4 aromatic rings. The van der Waals surface area contributed by atoms with E-state index in [2.05, 4.69) is 15.6 Å². The van der Waals surface area contributed by atoms with E-state index in [0.717, 1.165) is 17.4 Å². The van der Waals surface area contributed by atoms with Crippen molar-refractivity contribution in [2.45, 2.75) is 39.2 Å². The fraction of sp³-hybridized carbons (Fsp3) is 0.346. The first-order valence-electron chi connectivity index (χ1n) is 12.0. The Morgan fingerprint density at radius 3 is 2.81 bits per heavy atom. The maximum atomic E-state index is 14.4. The quantitative estimate of drug-likeness (QED) is 0.340. The Kier molecular flexibility index (Phi) is 6.36. The molecule has 1 aliphatic rings. The van der Waals surface area contributed by atoms with Crippen LogP contribution in [-0.4, -0.2) is 50.4 Å². The van der Waals surface area contributed by atoms with Gasteiger partial charge in [0.1, 0.15) is 23.1 Å². The number of rotatable bonds is 9. The summed E-state index contributed by atoms with van der Waals surface area (Å²) in [6.07, 6.45) is 2.46. The van der Waals surface area contributed by atoms with Crippen molar-refractivity contribution >= 4 is 28.6 Å². The van der Waals surface area contributed by atoms with E-state index in [-0.39, 0.29) is 18.3 Å². The van der Waals surface area contributed by atoms with Gasteiger partial charge in [-0.1, -0.05) is 18.2 Å². The summed E-state index contributed by atoms with van der Waals surface area (Å²) in [7, 11) is 0. The molecule has 186 valence electrons. The van der Waals surface area contributed by atoms with Gasteiger partial charge in [-0.15, -0.1) is 0 Å². The number of aromatic nitrogens is 5. The number of halogens is 1. The van der Waals surface area contributed by atoms with Crippen molar-refractivity contribution in [3.8, 4) is 11.5 Å². The average Bonchev–Trinajstić information content (AvgIpc) is 3.34. The molecule has 10 heteroatoms. The second-order valence-corrected chi connectivity index (χ2v) is 9.15. The molecule has 1 aliphatic heterocycles. The average molecular weight is 490 g/mol. The van der Waals surface area contributed by atoms with Gasteiger partial charge >= 0.3 is 0 Å². The molecule has 5 rings (SSSR count). The molecule has 1 amide bonds. The van der Waals surface area contributed by atoms with Gasteiger partial charge in [0, 0.05) is 31.5 Å². The van der Waals surface area contributed by atoms with Crippen LogP contribution in [0.2, 0.25) is 0 Å². The minimum Gasteiger partial charge on any atom is -0.382 e. The second-order valence-electron chi connectivity index (χ2n) is 9.15. The Morgan fingerprint density at radius 2 is 2.00 bits per heavy atom. The van der Waals surface area contributed by atoms with Crippen LogP contribution in [0.25, 0.3) is 22.6 Å². The summed E-state index contributed by atoms with van der Waals surface area (Å²) in [5, 5.41) is 11.7. The number of hydrogen-bond acceptors (Lipinski definition) is 7. The van der Waals surface area contributed by atoms with Crippen molar-refractivity contribution in [2.75, 3.05) is 30.4 Å². The molecule has 0 aliphatic carbocycles. The minimum atomic E-state index is -0.788. The lowest BCUT2D eigenvalue weighted by molar-refractivity contribution is -0.119. The van der Waals surface area contributed by atoms with Gasteiger partial charge in [-0.3, -0.25) is 4.79 Å². The van der Waals surface area contributed by atoms with Gasteiger partial charge in [0.2, 0.25) is 5.91 Å². The van der Waals surface area contributed by atoms with Crippen molar-refractivity contribution in [1.29, 1.82) is 0 Å². The third-order valence-corrected chi connectivity index (χ3v) is 6.29. The van der Waals surface area contributed by atoms with Gasteiger partial charge in [0.15, 0.2) is 11.5 Å². The van der Waals surface area contributed by atoms with Crippen LogP contribution in [0, 0.1) is 5.82 Å². The number of fused-ring (bicyclic) bond motifs is 2. The van der Waals surface area contributed by atoms with E-state index in [1.165, 1.54) is 6.07 Å². The third kappa shape index (κ3) is 4.28. The molecule has 0 unspecified atom stereocenters. The highest BCUT2D eigenvalue weighted by molar-refractivity contribution is 6.06. The number of anilines is 2. The van der Waals surface area contributed by atoms with Crippen LogP contribution in [0.5, 0.6) is 0 Å². The number of ether oxygens (including phenoxy) is 1. The summed E-state index contributed by atoms with van der Waals surface area (Å²) in [6.45, 7) is 7.78. The monoisotopic (exact) mass is 489 g/mol. The lowest BCUT2D eigenvalue weighted by atomic mass is 9.87. The molecule has 0 atom stereocenters. The van der Waals surface area contributed by atoms with Crippen LogP contribution in [0.15, 0.2) is 42.6 Å². The maximum Gasteiger partial charge on any atom is 0.235 e. The summed E-state index contributed by atoms with van der Waals surface area (Å²) in [4.78, 5) is 26.7. The van der Waals surface area contributed by atoms with Gasteiger partial charge in [0.05, 0.1) is 22.9 Å². The number of nitrogens with one attached hydrogen (secondary N) is 2. The van der Waals surface area contributed by atoms with Gasteiger partial charge < -0.3 is 15.4 Å². The first-order chi connectivity index (χ1) is 17.4. The molecule has 0 radical (unpaired) electrons. The summed E-state index contributed by atoms with van der Waals surface area (Å²) < 4.78 is 21.5. The van der Waals surface area contributed by atoms with Crippen molar-refractivity contribution in [1.82, 2.24) is 24.7 Å². The number of hydrogen-bond donors (Lipinski definition) is 2. The topological polar surface area (TPSA) is 107 Å². The number of benzene rings is 1. The number of nitrogens with zero attached hydrogens (tertiary/aromatic N) is 5. The van der Waals surface area contributed by atoms with E-state index in [1.54, 1.807) is 29.1 Å². The molecule has 0 fully saturated rings. The minimum absolute atomic E-state index is 0.141. The lowest BCUT2D eigenvalue weighted by Crippen LogP contribution is -2.28. The van der Waals surface area contributed by atoms with Crippen LogP contribution < -0.4 is 10.6 Å².